The second-order valence-electron chi connectivity index (χ2n) is 5.23. The summed E-state index contributed by atoms with van der Waals surface area (Å²) < 4.78 is 0. The van der Waals surface area contributed by atoms with E-state index in [9.17, 15) is 9.59 Å². The van der Waals surface area contributed by atoms with Crippen molar-refractivity contribution in [1.29, 1.82) is 0 Å². The summed E-state index contributed by atoms with van der Waals surface area (Å²) in [5.41, 5.74) is 1.61. The minimum absolute atomic E-state index is 0.0234. The lowest BCUT2D eigenvalue weighted by molar-refractivity contribution is -0.143. The molecule has 2 aliphatic heterocycles. The number of aromatic nitrogens is 1. The van der Waals surface area contributed by atoms with Crippen LogP contribution in [0.2, 0.25) is 0 Å². The van der Waals surface area contributed by atoms with E-state index in [2.05, 4.69) is 4.98 Å². The Bertz CT molecular complexity index is 526. The third-order valence-corrected chi connectivity index (χ3v) is 3.98. The van der Waals surface area contributed by atoms with Gasteiger partial charge in [-0.25, -0.2) is 0 Å². The lowest BCUT2D eigenvalue weighted by Crippen LogP contribution is -2.62. The van der Waals surface area contributed by atoms with Gasteiger partial charge in [0.25, 0.3) is 5.91 Å². The van der Waals surface area contributed by atoms with E-state index in [1.165, 1.54) is 0 Å². The predicted octanol–water partition coefficient (Wildman–Crippen LogP) is 1.12. The molecule has 0 N–H and O–H groups in total. The van der Waals surface area contributed by atoms with E-state index in [1.807, 2.05) is 19.1 Å². The van der Waals surface area contributed by atoms with E-state index in [4.69, 9.17) is 0 Å². The molecule has 1 aromatic heterocycles. The van der Waals surface area contributed by atoms with Crippen molar-refractivity contribution < 1.29 is 9.59 Å². The highest BCUT2D eigenvalue weighted by molar-refractivity contribution is 6.08. The molecule has 5 nitrogen and oxygen atoms in total. The molecule has 0 aliphatic carbocycles. The number of carbonyl (C=O) groups is 2. The molecular formula is C14H17N3O2. The Morgan fingerprint density at radius 1 is 1.26 bits per heavy atom. The fraction of sp³-hybridized carbons (Fsp3) is 0.500. The van der Waals surface area contributed by atoms with Gasteiger partial charge in [-0.1, -0.05) is 0 Å². The number of fused-ring (bicyclic) bond motifs is 1. The van der Waals surface area contributed by atoms with Crippen molar-refractivity contribution in [3.63, 3.8) is 0 Å². The van der Waals surface area contributed by atoms with Crippen molar-refractivity contribution in [2.45, 2.75) is 38.8 Å². The molecular weight excluding hydrogens is 242 g/mol. The summed E-state index contributed by atoms with van der Waals surface area (Å²) in [6.45, 7) is 4.39. The van der Waals surface area contributed by atoms with Crippen LogP contribution in [0, 0.1) is 6.92 Å². The highest BCUT2D eigenvalue weighted by Crippen LogP contribution is 2.30. The first-order valence-corrected chi connectivity index (χ1v) is 6.66. The number of pyridine rings is 1. The van der Waals surface area contributed by atoms with Crippen LogP contribution in [0.15, 0.2) is 18.3 Å². The number of aryl methyl sites for hydroxylation is 1. The van der Waals surface area contributed by atoms with Gasteiger partial charge < -0.3 is 4.90 Å². The van der Waals surface area contributed by atoms with E-state index in [0.717, 1.165) is 18.5 Å². The fourth-order valence-corrected chi connectivity index (χ4v) is 2.94. The first-order chi connectivity index (χ1) is 9.09. The van der Waals surface area contributed by atoms with Gasteiger partial charge in [-0.15, -0.1) is 0 Å². The number of piperazine rings is 1. The highest BCUT2D eigenvalue weighted by atomic mass is 16.2. The average molecular weight is 259 g/mol. The average Bonchev–Trinajstić information content (AvgIpc) is 2.88. The van der Waals surface area contributed by atoms with Crippen molar-refractivity contribution in [2.75, 3.05) is 11.4 Å². The molecule has 2 fully saturated rings. The molecule has 0 radical (unpaired) electrons. The molecule has 2 atom stereocenters. The van der Waals surface area contributed by atoms with E-state index in [0.29, 0.717) is 12.2 Å². The molecule has 3 heterocycles. The molecule has 100 valence electrons. The van der Waals surface area contributed by atoms with Crippen molar-refractivity contribution in [3.05, 3.63) is 24.0 Å². The molecule has 0 saturated carbocycles. The summed E-state index contributed by atoms with van der Waals surface area (Å²) in [6.07, 6.45) is 3.35. The van der Waals surface area contributed by atoms with Crippen LogP contribution in [0.3, 0.4) is 0 Å². The molecule has 2 aliphatic rings. The molecule has 2 saturated heterocycles. The number of amides is 2. The van der Waals surface area contributed by atoms with Gasteiger partial charge in [-0.2, -0.15) is 0 Å². The van der Waals surface area contributed by atoms with Gasteiger partial charge >= 0.3 is 0 Å². The maximum atomic E-state index is 12.6. The highest BCUT2D eigenvalue weighted by Gasteiger charge is 2.46. The number of hydrogen-bond donors (Lipinski definition) is 0. The maximum absolute atomic E-state index is 12.6. The summed E-state index contributed by atoms with van der Waals surface area (Å²) >= 11 is 0. The van der Waals surface area contributed by atoms with Crippen molar-refractivity contribution in [1.82, 2.24) is 9.88 Å². The Hall–Kier alpha value is -1.91. The van der Waals surface area contributed by atoms with Crippen molar-refractivity contribution in [2.24, 2.45) is 0 Å². The number of hydrogen-bond acceptors (Lipinski definition) is 3. The number of nitrogens with zero attached hydrogens (tertiary/aromatic N) is 3. The van der Waals surface area contributed by atoms with E-state index < -0.39 is 6.04 Å². The second-order valence-corrected chi connectivity index (χ2v) is 5.23. The zero-order valence-electron chi connectivity index (χ0n) is 11.2. The summed E-state index contributed by atoms with van der Waals surface area (Å²) in [5, 5.41) is 0. The van der Waals surface area contributed by atoms with Gasteiger partial charge in [0.05, 0.1) is 11.9 Å². The third-order valence-electron chi connectivity index (χ3n) is 3.98. The van der Waals surface area contributed by atoms with Gasteiger partial charge in [0, 0.05) is 12.2 Å². The van der Waals surface area contributed by atoms with Crippen LogP contribution in [0.1, 0.15) is 25.5 Å². The fourth-order valence-electron chi connectivity index (χ4n) is 2.94. The van der Waals surface area contributed by atoms with E-state index in [-0.39, 0.29) is 17.9 Å². The molecule has 0 bridgehead atoms. The van der Waals surface area contributed by atoms with Crippen LogP contribution in [-0.2, 0) is 9.59 Å². The van der Waals surface area contributed by atoms with Crippen molar-refractivity contribution in [3.8, 4) is 0 Å². The quantitative estimate of drug-likeness (QED) is 0.759. The molecule has 0 aromatic carbocycles. The zero-order valence-corrected chi connectivity index (χ0v) is 11.2. The maximum Gasteiger partial charge on any atom is 0.250 e. The van der Waals surface area contributed by atoms with Crippen LogP contribution in [0.5, 0.6) is 0 Å². The van der Waals surface area contributed by atoms with Crippen LogP contribution in [-0.4, -0.2) is 40.3 Å². The van der Waals surface area contributed by atoms with Crippen molar-refractivity contribution >= 4 is 17.5 Å². The van der Waals surface area contributed by atoms with Crippen LogP contribution < -0.4 is 4.90 Å². The minimum atomic E-state index is -0.439. The Kier molecular flexibility index (Phi) is 2.77. The Balaban J connectivity index is 1.98. The lowest BCUT2D eigenvalue weighted by atomic mass is 10.1. The Labute approximate surface area is 112 Å². The first-order valence-electron chi connectivity index (χ1n) is 6.66. The lowest BCUT2D eigenvalue weighted by Gasteiger charge is -2.40. The molecule has 2 unspecified atom stereocenters. The van der Waals surface area contributed by atoms with Gasteiger partial charge in [0.15, 0.2) is 0 Å². The van der Waals surface area contributed by atoms with Crippen LogP contribution in [0.4, 0.5) is 5.69 Å². The summed E-state index contributed by atoms with van der Waals surface area (Å²) in [5.74, 6) is 0.0675. The van der Waals surface area contributed by atoms with Gasteiger partial charge in [0.1, 0.15) is 12.1 Å². The normalized spacial score (nSPS) is 26.8. The molecule has 19 heavy (non-hydrogen) atoms. The predicted molar refractivity (Wildman–Crippen MR) is 70.7 cm³/mol. The monoisotopic (exact) mass is 259 g/mol. The second kappa shape index (κ2) is 4.33. The summed E-state index contributed by atoms with van der Waals surface area (Å²) in [6, 6.07) is 3.01. The zero-order chi connectivity index (χ0) is 13.6. The smallest absolute Gasteiger partial charge is 0.250 e. The Morgan fingerprint density at radius 2 is 2.05 bits per heavy atom. The molecule has 0 spiro atoms. The van der Waals surface area contributed by atoms with Crippen LogP contribution >= 0.6 is 0 Å². The molecule has 5 heteroatoms. The first kappa shape index (κ1) is 12.1. The Morgan fingerprint density at radius 3 is 2.74 bits per heavy atom. The summed E-state index contributed by atoms with van der Waals surface area (Å²) in [7, 11) is 0. The number of anilines is 1. The minimum Gasteiger partial charge on any atom is -0.329 e. The van der Waals surface area contributed by atoms with Gasteiger partial charge in [-0.3, -0.25) is 19.5 Å². The van der Waals surface area contributed by atoms with E-state index >= 15 is 0 Å². The third kappa shape index (κ3) is 1.80. The van der Waals surface area contributed by atoms with Gasteiger partial charge in [-0.05, 0) is 38.8 Å². The molecule has 1 aromatic rings. The van der Waals surface area contributed by atoms with Crippen LogP contribution in [0.25, 0.3) is 0 Å². The standard InChI is InChI=1S/C14H17N3O2/c1-9-5-6-11(8-15-9)17-10(2)13(18)16-7-3-4-12(16)14(17)19/h5-6,8,10,12H,3-4,7H2,1-2H3. The van der Waals surface area contributed by atoms with E-state index in [1.54, 1.807) is 22.9 Å². The number of carbonyl (C=O) groups excluding carboxylic acids is 2. The number of rotatable bonds is 1. The van der Waals surface area contributed by atoms with Gasteiger partial charge in [0.2, 0.25) is 5.91 Å². The largest absolute Gasteiger partial charge is 0.329 e. The SMILES string of the molecule is Cc1ccc(N2C(=O)C3CCCN3C(=O)C2C)cn1. The molecule has 3 rings (SSSR count). The molecule has 2 amide bonds. The summed E-state index contributed by atoms with van der Waals surface area (Å²) in [4.78, 5) is 32.4. The topological polar surface area (TPSA) is 53.5 Å².